The van der Waals surface area contributed by atoms with Crippen molar-refractivity contribution in [1.82, 2.24) is 9.80 Å². The van der Waals surface area contributed by atoms with Gasteiger partial charge in [-0.2, -0.15) is 0 Å². The molecule has 0 spiro atoms. The number of hydrogen-bond donors (Lipinski definition) is 0. The van der Waals surface area contributed by atoms with Gasteiger partial charge in [0, 0.05) is 37.7 Å². The molecule has 2 aliphatic heterocycles. The molecule has 2 aromatic carbocycles. The Morgan fingerprint density at radius 2 is 1.81 bits per heavy atom. The van der Waals surface area contributed by atoms with Gasteiger partial charge in [-0.25, -0.2) is 12.8 Å². The third-order valence-corrected chi connectivity index (χ3v) is 6.85. The highest BCUT2D eigenvalue weighted by atomic mass is 35.5. The summed E-state index contributed by atoms with van der Waals surface area (Å²) in [5.74, 6) is -0.191. The minimum atomic E-state index is -3.61. The Hall–Kier alpha value is -2.36. The number of piperazine rings is 1. The van der Waals surface area contributed by atoms with Gasteiger partial charge in [0.25, 0.3) is 5.91 Å². The zero-order valence-corrected chi connectivity index (χ0v) is 18.6. The number of halogens is 2. The van der Waals surface area contributed by atoms with E-state index >= 15 is 0 Å². The normalized spacial score (nSPS) is 19.6. The van der Waals surface area contributed by atoms with Crippen LogP contribution in [-0.4, -0.2) is 69.2 Å². The van der Waals surface area contributed by atoms with Gasteiger partial charge in [-0.1, -0.05) is 23.7 Å². The van der Waals surface area contributed by atoms with Gasteiger partial charge in [-0.05, 0) is 35.9 Å². The quantitative estimate of drug-likeness (QED) is 0.690. The zero-order chi connectivity index (χ0) is 22.2. The van der Waals surface area contributed by atoms with Gasteiger partial charge in [0.1, 0.15) is 11.6 Å². The molecule has 0 saturated carbocycles. The monoisotopic (exact) mass is 467 g/mol. The average Bonchev–Trinajstić information content (AvgIpc) is 2.74. The number of amides is 1. The number of hydrogen-bond acceptors (Lipinski definition) is 5. The van der Waals surface area contributed by atoms with Gasteiger partial charge in [0.05, 0.1) is 18.5 Å². The van der Waals surface area contributed by atoms with Crippen molar-refractivity contribution in [3.05, 3.63) is 58.9 Å². The second kappa shape index (κ2) is 8.64. The lowest BCUT2D eigenvalue weighted by Gasteiger charge is -2.39. The lowest BCUT2D eigenvalue weighted by Crippen LogP contribution is -2.56. The largest absolute Gasteiger partial charge is 0.476 e. The fourth-order valence-electron chi connectivity index (χ4n) is 3.85. The molecule has 1 unspecified atom stereocenters. The van der Waals surface area contributed by atoms with Crippen LogP contribution in [0.2, 0.25) is 5.02 Å². The predicted octanol–water partition coefficient (Wildman–Crippen LogP) is 2.35. The molecule has 4 rings (SSSR count). The maximum absolute atomic E-state index is 13.1. The number of carbonyl (C=O) groups excluding carboxylic acids is 1. The first-order valence-corrected chi connectivity index (χ1v) is 12.1. The summed E-state index contributed by atoms with van der Waals surface area (Å²) in [6.07, 6.45) is 0.172. The molecule has 0 radical (unpaired) electrons. The molecule has 10 heteroatoms. The molecule has 1 fully saturated rings. The van der Waals surface area contributed by atoms with E-state index in [0.29, 0.717) is 49.2 Å². The highest BCUT2D eigenvalue weighted by Gasteiger charge is 2.37. The molecule has 0 aliphatic carbocycles. The van der Waals surface area contributed by atoms with Crippen molar-refractivity contribution < 1.29 is 22.3 Å². The number of ether oxygens (including phenoxy) is 1. The lowest BCUT2D eigenvalue weighted by molar-refractivity contribution is -0.140. The van der Waals surface area contributed by atoms with Crippen molar-refractivity contribution in [1.29, 1.82) is 0 Å². The van der Waals surface area contributed by atoms with Crippen LogP contribution in [0, 0.1) is 5.82 Å². The molecule has 2 heterocycles. The SMILES string of the molecule is CS(=O)(=O)N1CC(C(=O)N2CCN(Cc3ccc(F)cc3)CC2)Oc2ccc(Cl)cc21. The Bertz CT molecular complexity index is 1070. The standard InChI is InChI=1S/C21H23ClFN3O4S/c1-31(28,29)26-14-20(30-19-7-4-16(22)12-18(19)26)21(27)25-10-8-24(9-11-25)13-15-2-5-17(23)6-3-15/h2-7,12,20H,8-11,13-14H2,1H3. The number of fused-ring (bicyclic) bond motifs is 1. The average molecular weight is 468 g/mol. The van der Waals surface area contributed by atoms with E-state index in [2.05, 4.69) is 4.90 Å². The van der Waals surface area contributed by atoms with Crippen LogP contribution in [0.3, 0.4) is 0 Å². The molecule has 31 heavy (non-hydrogen) atoms. The number of benzene rings is 2. The van der Waals surface area contributed by atoms with Crippen LogP contribution in [0.5, 0.6) is 5.75 Å². The maximum atomic E-state index is 13.1. The Morgan fingerprint density at radius 1 is 1.13 bits per heavy atom. The van der Waals surface area contributed by atoms with Crippen molar-refractivity contribution in [2.45, 2.75) is 12.6 Å². The molecule has 7 nitrogen and oxygen atoms in total. The fraction of sp³-hybridized carbons (Fsp3) is 0.381. The molecular formula is C21H23ClFN3O4S. The van der Waals surface area contributed by atoms with Gasteiger partial charge in [0.15, 0.2) is 6.10 Å². The molecule has 0 N–H and O–H groups in total. The highest BCUT2D eigenvalue weighted by molar-refractivity contribution is 7.92. The summed E-state index contributed by atoms with van der Waals surface area (Å²) in [5.41, 5.74) is 1.35. The summed E-state index contributed by atoms with van der Waals surface area (Å²) < 4.78 is 44.7. The predicted molar refractivity (Wildman–Crippen MR) is 116 cm³/mol. The van der Waals surface area contributed by atoms with Gasteiger partial charge >= 0.3 is 0 Å². The summed E-state index contributed by atoms with van der Waals surface area (Å²) in [4.78, 5) is 17.0. The third-order valence-electron chi connectivity index (χ3n) is 5.47. The third kappa shape index (κ3) is 4.94. The van der Waals surface area contributed by atoms with E-state index in [4.69, 9.17) is 16.3 Å². The van der Waals surface area contributed by atoms with E-state index in [1.54, 1.807) is 29.2 Å². The maximum Gasteiger partial charge on any atom is 0.265 e. The number of nitrogens with zero attached hydrogens (tertiary/aromatic N) is 3. The minimum Gasteiger partial charge on any atom is -0.476 e. The van der Waals surface area contributed by atoms with Crippen LogP contribution in [0.4, 0.5) is 10.1 Å². The van der Waals surface area contributed by atoms with E-state index < -0.39 is 16.1 Å². The second-order valence-corrected chi connectivity index (χ2v) is 10.1. The van der Waals surface area contributed by atoms with Crippen LogP contribution in [0.25, 0.3) is 0 Å². The van der Waals surface area contributed by atoms with Crippen LogP contribution in [-0.2, 0) is 21.4 Å². The molecular weight excluding hydrogens is 445 g/mol. The Morgan fingerprint density at radius 3 is 2.45 bits per heavy atom. The minimum absolute atomic E-state index is 0.0964. The molecule has 2 aliphatic rings. The fourth-order valence-corrected chi connectivity index (χ4v) is 4.92. The summed E-state index contributed by atoms with van der Waals surface area (Å²) in [7, 11) is -3.61. The number of rotatable bonds is 4. The van der Waals surface area contributed by atoms with Crippen LogP contribution in [0.15, 0.2) is 42.5 Å². The van der Waals surface area contributed by atoms with Crippen molar-refractivity contribution in [3.8, 4) is 5.75 Å². The molecule has 166 valence electrons. The number of anilines is 1. The summed E-state index contributed by atoms with van der Waals surface area (Å²) in [6, 6.07) is 11.1. The van der Waals surface area contributed by atoms with E-state index in [0.717, 1.165) is 11.8 Å². The second-order valence-electron chi connectivity index (χ2n) is 7.74. The van der Waals surface area contributed by atoms with Crippen molar-refractivity contribution in [2.75, 3.05) is 43.3 Å². The molecule has 1 atom stereocenters. The number of sulfonamides is 1. The first kappa shape index (κ1) is 21.9. The van der Waals surface area contributed by atoms with Crippen molar-refractivity contribution in [2.24, 2.45) is 0 Å². The van der Waals surface area contributed by atoms with Crippen LogP contribution < -0.4 is 9.04 Å². The van der Waals surface area contributed by atoms with Crippen LogP contribution >= 0.6 is 11.6 Å². The molecule has 1 saturated heterocycles. The van der Waals surface area contributed by atoms with E-state index in [9.17, 15) is 17.6 Å². The highest BCUT2D eigenvalue weighted by Crippen LogP contribution is 2.37. The topological polar surface area (TPSA) is 70.2 Å². The van der Waals surface area contributed by atoms with Crippen molar-refractivity contribution >= 4 is 33.2 Å². The van der Waals surface area contributed by atoms with Gasteiger partial charge in [-0.15, -0.1) is 0 Å². The smallest absolute Gasteiger partial charge is 0.265 e. The lowest BCUT2D eigenvalue weighted by atomic mass is 10.1. The van der Waals surface area contributed by atoms with Gasteiger partial charge in [0.2, 0.25) is 10.0 Å². The molecule has 2 aromatic rings. The first-order chi connectivity index (χ1) is 14.7. The Kier molecular flexibility index (Phi) is 6.09. The summed E-state index contributed by atoms with van der Waals surface area (Å²) >= 11 is 6.02. The van der Waals surface area contributed by atoms with E-state index in [1.807, 2.05) is 0 Å². The molecule has 0 aromatic heterocycles. The van der Waals surface area contributed by atoms with Crippen molar-refractivity contribution in [3.63, 3.8) is 0 Å². The molecule has 0 bridgehead atoms. The zero-order valence-electron chi connectivity index (χ0n) is 17.0. The van der Waals surface area contributed by atoms with E-state index in [-0.39, 0.29) is 18.3 Å². The first-order valence-electron chi connectivity index (χ1n) is 9.90. The Labute approximate surface area is 186 Å². The number of carbonyl (C=O) groups is 1. The van der Waals surface area contributed by atoms with Gasteiger partial charge in [-0.3, -0.25) is 14.0 Å². The molecule has 1 amide bonds. The summed E-state index contributed by atoms with van der Waals surface area (Å²) in [6.45, 7) is 2.92. The van der Waals surface area contributed by atoms with E-state index in [1.165, 1.54) is 22.5 Å². The Balaban J connectivity index is 1.42. The summed E-state index contributed by atoms with van der Waals surface area (Å²) in [5, 5.41) is 0.387. The van der Waals surface area contributed by atoms with Gasteiger partial charge < -0.3 is 9.64 Å². The van der Waals surface area contributed by atoms with Crippen LogP contribution in [0.1, 0.15) is 5.56 Å².